The fraction of sp³-hybridized carbons (Fsp3) is 0.429. The van der Waals surface area contributed by atoms with Gasteiger partial charge in [-0.25, -0.2) is 0 Å². The van der Waals surface area contributed by atoms with E-state index in [-0.39, 0.29) is 3.74 Å². The summed E-state index contributed by atoms with van der Waals surface area (Å²) in [7, 11) is 0. The van der Waals surface area contributed by atoms with Crippen molar-refractivity contribution in [3.8, 4) is 0 Å². The molecule has 0 amide bonds. The van der Waals surface area contributed by atoms with Crippen LogP contribution in [0, 0.1) is 0 Å². The van der Waals surface area contributed by atoms with Gasteiger partial charge in [-0.2, -0.15) is 0 Å². The molecule has 0 aliphatic heterocycles. The number of rotatable bonds is 1. The van der Waals surface area contributed by atoms with Crippen molar-refractivity contribution in [3.05, 3.63) is 22.7 Å². The summed E-state index contributed by atoms with van der Waals surface area (Å²) in [5.74, 6) is 0. The maximum atomic E-state index is 6.22. The van der Waals surface area contributed by atoms with E-state index >= 15 is 0 Å². The minimum absolute atomic E-state index is 0.0632. The van der Waals surface area contributed by atoms with E-state index in [0.29, 0.717) is 0 Å². The monoisotopic (exact) mass is 362 g/mol. The fourth-order valence-electron chi connectivity index (χ4n) is 0.835. The Bertz CT molecular complexity index is 210. The molecule has 4 heteroatoms. The van der Waals surface area contributed by atoms with Gasteiger partial charge in [-0.1, -0.05) is 59.9 Å². The van der Waals surface area contributed by atoms with E-state index < -0.39 is 4.87 Å². The lowest BCUT2D eigenvalue weighted by Gasteiger charge is -2.24. The average molecular weight is 365 g/mol. The van der Waals surface area contributed by atoms with Crippen molar-refractivity contribution in [3.63, 3.8) is 0 Å². The maximum Gasteiger partial charge on any atom is 0.104 e. The van der Waals surface area contributed by atoms with Crippen LogP contribution in [0.5, 0.6) is 0 Å². The smallest absolute Gasteiger partial charge is 0.104 e. The van der Waals surface area contributed by atoms with E-state index in [0.717, 1.165) is 10.9 Å². The Morgan fingerprint density at radius 1 is 1.55 bits per heavy atom. The van der Waals surface area contributed by atoms with E-state index in [1.165, 1.54) is 0 Å². The summed E-state index contributed by atoms with van der Waals surface area (Å²) >= 11 is 16.4. The van der Waals surface area contributed by atoms with Crippen molar-refractivity contribution in [1.82, 2.24) is 0 Å². The van der Waals surface area contributed by atoms with Crippen LogP contribution in [0.4, 0.5) is 0 Å². The Balaban J connectivity index is 2.85. The molecule has 1 unspecified atom stereocenters. The third-order valence-corrected chi connectivity index (χ3v) is 4.45. The molecule has 0 saturated heterocycles. The van der Waals surface area contributed by atoms with Gasteiger partial charge in [0.15, 0.2) is 0 Å². The molecule has 1 rings (SSSR count). The molecule has 0 saturated carbocycles. The van der Waals surface area contributed by atoms with Crippen molar-refractivity contribution in [1.29, 1.82) is 0 Å². The SMILES string of the molecule is ClC1(C(Br)Br)C=CCC(Br)=C1. The molecule has 0 spiro atoms. The van der Waals surface area contributed by atoms with Crippen LogP contribution in [0.1, 0.15) is 6.42 Å². The standard InChI is InChI=1S/C7H6Br3Cl/c8-5-2-1-3-7(11,4-5)6(9)10/h1,3-4,6H,2H2. The van der Waals surface area contributed by atoms with Gasteiger partial charge in [0.1, 0.15) is 4.87 Å². The van der Waals surface area contributed by atoms with Gasteiger partial charge in [0.25, 0.3) is 0 Å². The molecule has 1 atom stereocenters. The molecule has 62 valence electrons. The summed E-state index contributed by atoms with van der Waals surface area (Å²) in [6.45, 7) is 0. The lowest BCUT2D eigenvalue weighted by molar-refractivity contribution is 0.948. The first-order valence-electron chi connectivity index (χ1n) is 3.06. The molecule has 0 nitrogen and oxygen atoms in total. The average Bonchev–Trinajstić information content (AvgIpc) is 1.86. The highest BCUT2D eigenvalue weighted by molar-refractivity contribution is 9.24. The van der Waals surface area contributed by atoms with E-state index in [9.17, 15) is 0 Å². The van der Waals surface area contributed by atoms with E-state index in [1.807, 2.05) is 18.2 Å². The van der Waals surface area contributed by atoms with Crippen molar-refractivity contribution >= 4 is 59.4 Å². The van der Waals surface area contributed by atoms with Crippen LogP contribution in [0.3, 0.4) is 0 Å². The zero-order valence-corrected chi connectivity index (χ0v) is 11.0. The largest absolute Gasteiger partial charge is 0.108 e. The van der Waals surface area contributed by atoms with Gasteiger partial charge in [-0.3, -0.25) is 0 Å². The highest BCUT2D eigenvalue weighted by atomic mass is 79.9. The molecule has 0 radical (unpaired) electrons. The predicted octanol–water partition coefficient (Wildman–Crippen LogP) is 4.32. The number of hydrogen-bond donors (Lipinski definition) is 0. The zero-order valence-electron chi connectivity index (χ0n) is 5.53. The van der Waals surface area contributed by atoms with Crippen LogP contribution in [-0.4, -0.2) is 8.61 Å². The zero-order chi connectivity index (χ0) is 8.48. The van der Waals surface area contributed by atoms with Gasteiger partial charge < -0.3 is 0 Å². The summed E-state index contributed by atoms with van der Waals surface area (Å²) in [5, 5.41) is 0. The molecule has 0 fully saturated rings. The second kappa shape index (κ2) is 3.95. The Kier molecular flexibility index (Phi) is 3.69. The molecule has 0 aromatic rings. The van der Waals surface area contributed by atoms with Crippen LogP contribution in [0.15, 0.2) is 22.7 Å². The highest BCUT2D eigenvalue weighted by Crippen LogP contribution is 2.38. The summed E-state index contributed by atoms with van der Waals surface area (Å²) in [4.78, 5) is -0.433. The third kappa shape index (κ3) is 2.58. The van der Waals surface area contributed by atoms with Gasteiger partial charge in [0, 0.05) is 0 Å². The van der Waals surface area contributed by atoms with Crippen LogP contribution >= 0.6 is 59.4 Å². The molecule has 0 heterocycles. The highest BCUT2D eigenvalue weighted by Gasteiger charge is 2.30. The summed E-state index contributed by atoms with van der Waals surface area (Å²) in [5.41, 5.74) is 0. The molecule has 0 aromatic heterocycles. The van der Waals surface area contributed by atoms with Gasteiger partial charge in [0.2, 0.25) is 0 Å². The van der Waals surface area contributed by atoms with E-state index in [2.05, 4.69) is 47.8 Å². The maximum absolute atomic E-state index is 6.22. The molecular weight excluding hydrogens is 359 g/mol. The number of halogens is 4. The van der Waals surface area contributed by atoms with Crippen LogP contribution in [-0.2, 0) is 0 Å². The summed E-state index contributed by atoms with van der Waals surface area (Å²) in [6, 6.07) is 0. The molecule has 1 aliphatic rings. The van der Waals surface area contributed by atoms with Crippen molar-refractivity contribution < 1.29 is 0 Å². The Labute approximate surface area is 96.4 Å². The van der Waals surface area contributed by atoms with E-state index in [1.54, 1.807) is 0 Å². The van der Waals surface area contributed by atoms with Crippen LogP contribution in [0.25, 0.3) is 0 Å². The molecular formula is C7H6Br3Cl. The quantitative estimate of drug-likeness (QED) is 0.480. The van der Waals surface area contributed by atoms with Crippen LogP contribution < -0.4 is 0 Å². The normalized spacial score (nSPS) is 30.8. The minimum Gasteiger partial charge on any atom is -0.108 e. The fourth-order valence-corrected chi connectivity index (χ4v) is 2.32. The van der Waals surface area contributed by atoms with Gasteiger partial charge >= 0.3 is 0 Å². The molecule has 11 heavy (non-hydrogen) atoms. The summed E-state index contributed by atoms with van der Waals surface area (Å²) in [6.07, 6.45) is 6.95. The van der Waals surface area contributed by atoms with Gasteiger partial charge in [-0.15, -0.1) is 11.6 Å². The van der Waals surface area contributed by atoms with Crippen molar-refractivity contribution in [2.45, 2.75) is 15.0 Å². The topological polar surface area (TPSA) is 0 Å². The first-order valence-corrected chi connectivity index (χ1v) is 6.07. The first kappa shape index (κ1) is 10.3. The predicted molar refractivity (Wildman–Crippen MR) is 61.0 cm³/mol. The Morgan fingerprint density at radius 2 is 2.18 bits per heavy atom. The molecule has 0 bridgehead atoms. The third-order valence-electron chi connectivity index (χ3n) is 1.40. The van der Waals surface area contributed by atoms with Crippen LogP contribution in [0.2, 0.25) is 0 Å². The van der Waals surface area contributed by atoms with Gasteiger partial charge in [-0.05, 0) is 17.0 Å². The lowest BCUT2D eigenvalue weighted by Crippen LogP contribution is -2.24. The first-order chi connectivity index (χ1) is 5.04. The Hall–Kier alpha value is 1.21. The Morgan fingerprint density at radius 3 is 2.55 bits per heavy atom. The summed E-state index contributed by atoms with van der Waals surface area (Å²) < 4.78 is 1.19. The minimum atomic E-state index is -0.433. The van der Waals surface area contributed by atoms with Gasteiger partial charge in [0.05, 0.1) is 3.74 Å². The second-order valence-electron chi connectivity index (χ2n) is 2.33. The number of allylic oxidation sites excluding steroid dienone is 4. The second-order valence-corrected chi connectivity index (χ2v) is 7.06. The lowest BCUT2D eigenvalue weighted by atomic mass is 10.1. The number of alkyl halides is 3. The molecule has 1 aliphatic carbocycles. The molecule has 0 aromatic carbocycles. The van der Waals surface area contributed by atoms with Crippen molar-refractivity contribution in [2.24, 2.45) is 0 Å². The number of hydrogen-bond acceptors (Lipinski definition) is 0. The molecule has 0 N–H and O–H groups in total. The van der Waals surface area contributed by atoms with E-state index in [4.69, 9.17) is 11.6 Å². The van der Waals surface area contributed by atoms with Crippen molar-refractivity contribution in [2.75, 3.05) is 0 Å².